The third-order valence-electron chi connectivity index (χ3n) is 8.84. The Hall–Kier alpha value is -6.60. The molecule has 0 aliphatic carbocycles. The summed E-state index contributed by atoms with van der Waals surface area (Å²) in [6.07, 6.45) is -10.2. The molecule has 0 spiro atoms. The molecule has 0 saturated carbocycles. The number of benzene rings is 4. The molecule has 4 aromatic carbocycles. The monoisotopic (exact) mass is 884 g/mol. The maximum Gasteiger partial charge on any atom is 0.416 e. The average molecular weight is 885 g/mol. The summed E-state index contributed by atoms with van der Waals surface area (Å²) in [5.41, 5.74) is 0.797. The number of nitrogens with zero attached hydrogens (tertiary/aromatic N) is 2. The first-order chi connectivity index (χ1) is 28.8. The van der Waals surface area contributed by atoms with Gasteiger partial charge in [0.25, 0.3) is 11.8 Å². The zero-order valence-corrected chi connectivity index (χ0v) is 33.5. The second-order valence-electron chi connectivity index (χ2n) is 13.1. The Balaban J connectivity index is 0.000000231. The highest BCUT2D eigenvalue weighted by atomic mass is 32.1. The zero-order chi connectivity index (χ0) is 44.5. The van der Waals surface area contributed by atoms with Crippen LogP contribution in [0.4, 0.5) is 26.3 Å². The van der Waals surface area contributed by atoms with E-state index in [1.54, 1.807) is 24.3 Å². The molecule has 0 bridgehead atoms. The van der Waals surface area contributed by atoms with Crippen molar-refractivity contribution in [3.8, 4) is 26.9 Å². The minimum absolute atomic E-state index is 0.0122. The topological polar surface area (TPSA) is 168 Å². The van der Waals surface area contributed by atoms with E-state index in [0.29, 0.717) is 26.9 Å². The lowest BCUT2D eigenvalue weighted by atomic mass is 9.97. The molecule has 6 aromatic rings. The van der Waals surface area contributed by atoms with Crippen LogP contribution in [0.2, 0.25) is 0 Å². The highest BCUT2D eigenvalue weighted by molar-refractivity contribution is 7.13. The number of rotatable bonds is 13. The van der Waals surface area contributed by atoms with Gasteiger partial charge in [0.2, 0.25) is 0 Å². The van der Waals surface area contributed by atoms with Crippen molar-refractivity contribution < 1.29 is 60.5 Å². The molecule has 0 fully saturated rings. The SMILES string of the molecule is COc1ccc([C@H](CC(=O)O)NC(=O)c2csc(-c3ccc(C(F)(F)F)cc3)n2)cc1.Cc1ccccc1-c1nc(C(=O)N[C@@H](CC(=O)O)c2ccccc2C(F)(F)F)cs1. The van der Waals surface area contributed by atoms with Crippen molar-refractivity contribution in [1.29, 1.82) is 0 Å². The Morgan fingerprint density at radius 3 is 1.75 bits per heavy atom. The predicted molar refractivity (Wildman–Crippen MR) is 214 cm³/mol. The molecule has 0 saturated heterocycles. The number of carboxylic acids is 2. The van der Waals surface area contributed by atoms with Crippen molar-refractivity contribution in [2.75, 3.05) is 7.11 Å². The third-order valence-corrected chi connectivity index (χ3v) is 10.6. The fourth-order valence-corrected chi connectivity index (χ4v) is 7.52. The molecule has 6 rings (SSSR count). The summed E-state index contributed by atoms with van der Waals surface area (Å²) >= 11 is 2.32. The van der Waals surface area contributed by atoms with E-state index in [0.717, 1.165) is 46.7 Å². The summed E-state index contributed by atoms with van der Waals surface area (Å²) < 4.78 is 83.3. The smallest absolute Gasteiger partial charge is 0.416 e. The number of carbonyl (C=O) groups is 4. The molecule has 2 amide bonds. The second-order valence-corrected chi connectivity index (χ2v) is 14.8. The third kappa shape index (κ3) is 12.2. The minimum atomic E-state index is -4.68. The molecule has 0 radical (unpaired) electrons. The Labute approximate surface area is 351 Å². The summed E-state index contributed by atoms with van der Waals surface area (Å²) in [5, 5.41) is 27.3. The van der Waals surface area contributed by atoms with Crippen molar-refractivity contribution in [2.24, 2.45) is 0 Å². The van der Waals surface area contributed by atoms with E-state index >= 15 is 0 Å². The number of halogens is 6. The quantitative estimate of drug-likeness (QED) is 0.0826. The number of amides is 2. The highest BCUT2D eigenvalue weighted by Crippen LogP contribution is 2.36. The molecule has 2 atom stereocenters. The summed E-state index contributed by atoms with van der Waals surface area (Å²) in [6, 6.07) is 21.0. The Bertz CT molecular complexity index is 2490. The normalized spacial score (nSPS) is 12.3. The van der Waals surface area contributed by atoms with E-state index in [-0.39, 0.29) is 23.4 Å². The first kappa shape index (κ1) is 45.5. The maximum atomic E-state index is 13.4. The number of methoxy groups -OCH3 is 1. The van der Waals surface area contributed by atoms with Crippen molar-refractivity contribution in [3.05, 3.63) is 147 Å². The van der Waals surface area contributed by atoms with Gasteiger partial charge >= 0.3 is 24.3 Å². The summed E-state index contributed by atoms with van der Waals surface area (Å²) in [6.45, 7) is 1.90. The second kappa shape index (κ2) is 19.6. The number of ether oxygens (including phenoxy) is 1. The summed E-state index contributed by atoms with van der Waals surface area (Å²) in [4.78, 5) is 56.2. The number of carboxylic acid groups (broad SMARTS) is 2. The maximum absolute atomic E-state index is 13.4. The van der Waals surface area contributed by atoms with E-state index in [1.807, 2.05) is 31.2 Å². The molecular weight excluding hydrogens is 851 g/mol. The highest BCUT2D eigenvalue weighted by Gasteiger charge is 2.36. The van der Waals surface area contributed by atoms with Crippen LogP contribution in [0.1, 0.15) is 73.7 Å². The lowest BCUT2D eigenvalue weighted by molar-refractivity contribution is -0.140. The van der Waals surface area contributed by atoms with Crippen molar-refractivity contribution in [2.45, 2.75) is 44.2 Å². The van der Waals surface area contributed by atoms with Crippen LogP contribution < -0.4 is 15.4 Å². The minimum Gasteiger partial charge on any atom is -0.497 e. The number of alkyl halides is 6. The van der Waals surface area contributed by atoms with Crippen LogP contribution in [0.5, 0.6) is 5.75 Å². The van der Waals surface area contributed by atoms with Gasteiger partial charge in [-0.05, 0) is 53.9 Å². The van der Waals surface area contributed by atoms with Crippen molar-refractivity contribution in [1.82, 2.24) is 20.6 Å². The van der Waals surface area contributed by atoms with Crippen LogP contribution in [0, 0.1) is 6.92 Å². The van der Waals surface area contributed by atoms with Crippen LogP contribution in [0.25, 0.3) is 21.1 Å². The first-order valence-corrected chi connectivity index (χ1v) is 19.6. The van der Waals surface area contributed by atoms with Crippen LogP contribution in [0.15, 0.2) is 108 Å². The van der Waals surface area contributed by atoms with Crippen LogP contribution in [-0.2, 0) is 21.9 Å². The van der Waals surface area contributed by atoms with E-state index in [1.165, 1.54) is 53.5 Å². The van der Waals surface area contributed by atoms with Gasteiger partial charge in [-0.3, -0.25) is 19.2 Å². The lowest BCUT2D eigenvalue weighted by Gasteiger charge is -2.21. The molecule has 2 aromatic heterocycles. The van der Waals surface area contributed by atoms with Crippen molar-refractivity contribution >= 4 is 46.4 Å². The van der Waals surface area contributed by atoms with Crippen LogP contribution >= 0.6 is 22.7 Å². The number of aromatic nitrogens is 2. The largest absolute Gasteiger partial charge is 0.497 e. The van der Waals surface area contributed by atoms with Gasteiger partial charge in [-0.1, -0.05) is 66.7 Å². The molecule has 0 aliphatic rings. The van der Waals surface area contributed by atoms with Gasteiger partial charge < -0.3 is 25.6 Å². The molecule has 19 heteroatoms. The number of hydrogen-bond acceptors (Lipinski definition) is 9. The average Bonchev–Trinajstić information content (AvgIpc) is 3.92. The van der Waals surface area contributed by atoms with Gasteiger partial charge in [-0.15, -0.1) is 22.7 Å². The Morgan fingerprint density at radius 2 is 1.20 bits per heavy atom. The van der Waals surface area contributed by atoms with Gasteiger partial charge in [-0.25, -0.2) is 9.97 Å². The van der Waals surface area contributed by atoms with E-state index in [9.17, 15) is 50.6 Å². The fourth-order valence-electron chi connectivity index (χ4n) is 5.83. The van der Waals surface area contributed by atoms with Gasteiger partial charge in [0, 0.05) is 21.9 Å². The van der Waals surface area contributed by atoms with E-state index < -0.39 is 65.7 Å². The van der Waals surface area contributed by atoms with E-state index in [2.05, 4.69) is 20.6 Å². The molecule has 0 aliphatic heterocycles. The van der Waals surface area contributed by atoms with Gasteiger partial charge in [-0.2, -0.15) is 26.3 Å². The van der Waals surface area contributed by atoms with Crippen LogP contribution in [0.3, 0.4) is 0 Å². The van der Waals surface area contributed by atoms with Crippen molar-refractivity contribution in [3.63, 3.8) is 0 Å². The Kier molecular flexibility index (Phi) is 14.6. The molecule has 0 unspecified atom stereocenters. The number of carbonyl (C=O) groups excluding carboxylic acids is 2. The predicted octanol–water partition coefficient (Wildman–Crippen LogP) is 9.87. The Morgan fingerprint density at radius 1 is 0.672 bits per heavy atom. The molecule has 4 N–H and O–H groups in total. The molecule has 11 nitrogen and oxygen atoms in total. The standard InChI is InChI=1S/C21H17F3N2O4S.C21H17F3N2O3S/c1-30-15-8-4-12(5-9-15)16(10-18(27)28)25-19(29)17-11-31-20(26-17)13-2-6-14(7-3-13)21(22,23)24;1-12-6-2-3-7-13(12)20-26-17(11-30-20)19(29)25-16(10-18(27)28)14-8-4-5-9-15(14)21(22,23)24/h2-9,11,16H,10H2,1H3,(H,25,29)(H,27,28);2-9,11,16H,10H2,1H3,(H,25,29)(H,27,28)/t2*16-/m00/s1. The number of hydrogen-bond donors (Lipinski definition) is 4. The summed E-state index contributed by atoms with van der Waals surface area (Å²) in [5.74, 6) is -3.17. The number of nitrogens with one attached hydrogen (secondary N) is 2. The molecular formula is C42H34F6N4O7S2. The first-order valence-electron chi connectivity index (χ1n) is 17.8. The number of thiazole rings is 2. The van der Waals surface area contributed by atoms with Gasteiger partial charge in [0.15, 0.2) is 0 Å². The van der Waals surface area contributed by atoms with Gasteiger partial charge in [0.05, 0.1) is 43.2 Å². The van der Waals surface area contributed by atoms with Gasteiger partial charge in [0.1, 0.15) is 27.2 Å². The van der Waals surface area contributed by atoms with Crippen LogP contribution in [-0.4, -0.2) is 51.0 Å². The molecule has 2 heterocycles. The zero-order valence-electron chi connectivity index (χ0n) is 31.9. The fraction of sp³-hybridized carbons (Fsp3) is 0.190. The molecule has 61 heavy (non-hydrogen) atoms. The molecule has 318 valence electrons. The lowest BCUT2D eigenvalue weighted by Crippen LogP contribution is -2.32. The summed E-state index contributed by atoms with van der Waals surface area (Å²) in [7, 11) is 1.50. The van der Waals surface area contributed by atoms with E-state index in [4.69, 9.17) is 9.84 Å². The number of aliphatic carboxylic acids is 2. The number of aryl methyl sites for hydroxylation is 1.